The van der Waals surface area contributed by atoms with E-state index in [4.69, 9.17) is 0 Å². The smallest absolute Gasteiger partial charge is 0.142 e. The van der Waals surface area contributed by atoms with Crippen LogP contribution in [0.15, 0.2) is 18.5 Å². The molecule has 0 saturated carbocycles. The Balaban J connectivity index is 1.91. The molecule has 4 nitrogen and oxygen atoms in total. The second-order valence-corrected chi connectivity index (χ2v) is 5.38. The molecule has 4 heteroatoms. The largest absolute Gasteiger partial charge is 0.317 e. The van der Waals surface area contributed by atoms with Crippen molar-refractivity contribution in [3.05, 3.63) is 24.3 Å². The van der Waals surface area contributed by atoms with E-state index in [0.29, 0.717) is 6.04 Å². The van der Waals surface area contributed by atoms with Crippen molar-refractivity contribution < 1.29 is 0 Å². The van der Waals surface area contributed by atoms with E-state index in [0.717, 1.165) is 24.8 Å². The first-order chi connectivity index (χ1) is 8.75. The lowest BCUT2D eigenvalue weighted by Gasteiger charge is -2.32. The summed E-state index contributed by atoms with van der Waals surface area (Å²) in [7, 11) is 0. The van der Waals surface area contributed by atoms with Gasteiger partial charge in [-0.25, -0.2) is 9.97 Å². The Kier molecular flexibility index (Phi) is 5.08. The van der Waals surface area contributed by atoms with Gasteiger partial charge in [-0.15, -0.1) is 0 Å². The van der Waals surface area contributed by atoms with Crippen LogP contribution in [-0.4, -0.2) is 40.5 Å². The molecule has 0 amide bonds. The summed E-state index contributed by atoms with van der Waals surface area (Å²) in [6, 6.07) is 2.42. The molecule has 0 aliphatic carbocycles. The summed E-state index contributed by atoms with van der Waals surface area (Å²) in [6.07, 6.45) is 6.23. The Morgan fingerprint density at radius 3 is 2.56 bits per heavy atom. The van der Waals surface area contributed by atoms with Crippen molar-refractivity contribution in [2.75, 3.05) is 19.6 Å². The van der Waals surface area contributed by atoms with Crippen LogP contribution < -0.4 is 5.32 Å². The Labute approximate surface area is 110 Å². The van der Waals surface area contributed by atoms with Crippen LogP contribution in [-0.2, 0) is 6.54 Å². The Morgan fingerprint density at radius 1 is 1.28 bits per heavy atom. The number of hydrogen-bond donors (Lipinski definition) is 1. The van der Waals surface area contributed by atoms with Gasteiger partial charge in [0.15, 0.2) is 0 Å². The topological polar surface area (TPSA) is 41.1 Å². The van der Waals surface area contributed by atoms with E-state index >= 15 is 0 Å². The number of aromatic nitrogens is 2. The van der Waals surface area contributed by atoms with Gasteiger partial charge in [0.2, 0.25) is 0 Å². The zero-order chi connectivity index (χ0) is 12.8. The van der Waals surface area contributed by atoms with E-state index in [9.17, 15) is 0 Å². The molecule has 0 atom stereocenters. The summed E-state index contributed by atoms with van der Waals surface area (Å²) >= 11 is 0. The average molecular weight is 248 g/mol. The summed E-state index contributed by atoms with van der Waals surface area (Å²) in [5, 5.41) is 3.42. The first-order valence-corrected chi connectivity index (χ1v) is 6.96. The minimum atomic E-state index is 0.545. The highest BCUT2D eigenvalue weighted by molar-refractivity contribution is 4.89. The molecule has 0 bridgehead atoms. The van der Waals surface area contributed by atoms with E-state index in [1.54, 1.807) is 0 Å². The molecule has 2 heterocycles. The van der Waals surface area contributed by atoms with Crippen LogP contribution in [0.2, 0.25) is 0 Å². The van der Waals surface area contributed by atoms with E-state index in [-0.39, 0.29) is 0 Å². The Morgan fingerprint density at radius 2 is 1.94 bits per heavy atom. The van der Waals surface area contributed by atoms with Crippen molar-refractivity contribution >= 4 is 0 Å². The molecular formula is C14H24N4. The highest BCUT2D eigenvalue weighted by Crippen LogP contribution is 2.16. The van der Waals surface area contributed by atoms with Gasteiger partial charge in [-0.2, -0.15) is 0 Å². The van der Waals surface area contributed by atoms with Gasteiger partial charge in [-0.1, -0.05) is 0 Å². The van der Waals surface area contributed by atoms with Gasteiger partial charge in [-0.3, -0.25) is 4.90 Å². The van der Waals surface area contributed by atoms with E-state index in [2.05, 4.69) is 34.0 Å². The second kappa shape index (κ2) is 6.81. The zero-order valence-corrected chi connectivity index (χ0v) is 11.5. The van der Waals surface area contributed by atoms with E-state index in [1.807, 2.05) is 18.5 Å². The Hall–Kier alpha value is -1.00. The molecule has 1 saturated heterocycles. The SMILES string of the molecule is CC(C)N(Cc1ncccn1)CC1CCNCC1. The lowest BCUT2D eigenvalue weighted by molar-refractivity contribution is 0.158. The highest BCUT2D eigenvalue weighted by Gasteiger charge is 2.19. The molecule has 1 N–H and O–H groups in total. The number of rotatable bonds is 5. The van der Waals surface area contributed by atoms with Gasteiger partial charge in [-0.05, 0) is 51.8 Å². The van der Waals surface area contributed by atoms with Crippen molar-refractivity contribution in [1.82, 2.24) is 20.2 Å². The third-order valence-electron chi connectivity index (χ3n) is 3.65. The first kappa shape index (κ1) is 13.4. The monoisotopic (exact) mass is 248 g/mol. The normalized spacial score (nSPS) is 17.6. The first-order valence-electron chi connectivity index (χ1n) is 6.96. The molecule has 1 aliphatic heterocycles. The van der Waals surface area contributed by atoms with Crippen LogP contribution >= 0.6 is 0 Å². The molecule has 1 aliphatic rings. The summed E-state index contributed by atoms with van der Waals surface area (Å²) in [6.45, 7) is 8.87. The Bertz CT molecular complexity index is 333. The fraction of sp³-hybridized carbons (Fsp3) is 0.714. The quantitative estimate of drug-likeness (QED) is 0.861. The standard InChI is InChI=1S/C14H24N4/c1-12(2)18(10-13-4-8-15-9-5-13)11-14-16-6-3-7-17-14/h3,6-7,12-13,15H,4-5,8-11H2,1-2H3. The molecule has 1 aromatic heterocycles. The molecule has 0 spiro atoms. The highest BCUT2D eigenvalue weighted by atomic mass is 15.2. The van der Waals surface area contributed by atoms with Crippen molar-refractivity contribution in [2.24, 2.45) is 5.92 Å². The summed E-state index contributed by atoms with van der Waals surface area (Å²) in [5.74, 6) is 1.75. The van der Waals surface area contributed by atoms with Gasteiger partial charge >= 0.3 is 0 Å². The summed E-state index contributed by atoms with van der Waals surface area (Å²) in [5.41, 5.74) is 0. The minimum absolute atomic E-state index is 0.545. The molecule has 0 unspecified atom stereocenters. The van der Waals surface area contributed by atoms with E-state index < -0.39 is 0 Å². The van der Waals surface area contributed by atoms with E-state index in [1.165, 1.54) is 25.9 Å². The molecule has 0 radical (unpaired) electrons. The number of piperidine rings is 1. The average Bonchev–Trinajstić information content (AvgIpc) is 2.40. The number of nitrogens with one attached hydrogen (secondary N) is 1. The number of hydrogen-bond acceptors (Lipinski definition) is 4. The van der Waals surface area contributed by atoms with Crippen LogP contribution in [0, 0.1) is 5.92 Å². The summed E-state index contributed by atoms with van der Waals surface area (Å²) < 4.78 is 0. The van der Waals surface area contributed by atoms with Crippen LogP contribution in [0.5, 0.6) is 0 Å². The second-order valence-electron chi connectivity index (χ2n) is 5.38. The molecule has 1 fully saturated rings. The van der Waals surface area contributed by atoms with Crippen molar-refractivity contribution in [2.45, 2.75) is 39.3 Å². The fourth-order valence-corrected chi connectivity index (χ4v) is 2.45. The fourth-order valence-electron chi connectivity index (χ4n) is 2.45. The van der Waals surface area contributed by atoms with Gasteiger partial charge in [0.05, 0.1) is 6.54 Å². The lowest BCUT2D eigenvalue weighted by atomic mass is 9.97. The van der Waals surface area contributed by atoms with Gasteiger partial charge in [0, 0.05) is 25.0 Å². The maximum absolute atomic E-state index is 4.33. The van der Waals surface area contributed by atoms with Crippen LogP contribution in [0.25, 0.3) is 0 Å². The van der Waals surface area contributed by atoms with Crippen LogP contribution in [0.1, 0.15) is 32.5 Å². The maximum Gasteiger partial charge on any atom is 0.142 e. The summed E-state index contributed by atoms with van der Waals surface area (Å²) in [4.78, 5) is 11.1. The molecule has 2 rings (SSSR count). The molecule has 1 aromatic rings. The van der Waals surface area contributed by atoms with Crippen LogP contribution in [0.3, 0.4) is 0 Å². The predicted octanol–water partition coefficient (Wildman–Crippen LogP) is 1.69. The predicted molar refractivity (Wildman–Crippen MR) is 73.2 cm³/mol. The molecule has 18 heavy (non-hydrogen) atoms. The van der Waals surface area contributed by atoms with Crippen molar-refractivity contribution in [3.63, 3.8) is 0 Å². The van der Waals surface area contributed by atoms with Gasteiger partial charge in [0.1, 0.15) is 5.82 Å². The molecular weight excluding hydrogens is 224 g/mol. The molecule has 100 valence electrons. The van der Waals surface area contributed by atoms with Crippen molar-refractivity contribution in [1.29, 1.82) is 0 Å². The third kappa shape index (κ3) is 4.03. The zero-order valence-electron chi connectivity index (χ0n) is 11.5. The lowest BCUT2D eigenvalue weighted by Crippen LogP contribution is -2.39. The number of nitrogens with zero attached hydrogens (tertiary/aromatic N) is 3. The molecule has 0 aromatic carbocycles. The maximum atomic E-state index is 4.33. The van der Waals surface area contributed by atoms with Gasteiger partial charge in [0.25, 0.3) is 0 Å². The van der Waals surface area contributed by atoms with Crippen molar-refractivity contribution in [3.8, 4) is 0 Å². The van der Waals surface area contributed by atoms with Crippen LogP contribution in [0.4, 0.5) is 0 Å². The minimum Gasteiger partial charge on any atom is -0.317 e. The van der Waals surface area contributed by atoms with Gasteiger partial charge < -0.3 is 5.32 Å². The third-order valence-corrected chi connectivity index (χ3v) is 3.65.